The van der Waals surface area contributed by atoms with E-state index in [4.69, 9.17) is 11.6 Å². The summed E-state index contributed by atoms with van der Waals surface area (Å²) in [4.78, 5) is 12.3. The zero-order valence-corrected chi connectivity index (χ0v) is 15.5. The number of hydrogen-bond donors (Lipinski definition) is 2. The van der Waals surface area contributed by atoms with Crippen molar-refractivity contribution in [3.05, 3.63) is 59.7 Å². The molecule has 2 aromatic rings. The van der Waals surface area contributed by atoms with E-state index in [1.165, 1.54) is 19.3 Å². The van der Waals surface area contributed by atoms with Gasteiger partial charge in [0.2, 0.25) is 0 Å². The largest absolute Gasteiger partial charge is 0.388 e. The molecule has 3 nitrogen and oxygen atoms in total. The number of alkyl halides is 1. The highest BCUT2D eigenvalue weighted by atomic mass is 35.5. The molecule has 0 radical (unpaired) electrons. The fourth-order valence-corrected chi connectivity index (χ4v) is 2.34. The maximum atomic E-state index is 12.3. The Hall–Kier alpha value is -2.00. The van der Waals surface area contributed by atoms with Gasteiger partial charge in [0.1, 0.15) is 0 Å². The Morgan fingerprint density at radius 1 is 0.917 bits per heavy atom. The van der Waals surface area contributed by atoms with Gasteiger partial charge in [0.25, 0.3) is 0 Å². The van der Waals surface area contributed by atoms with Gasteiger partial charge < -0.3 is 10.6 Å². The van der Waals surface area contributed by atoms with E-state index in [0.29, 0.717) is 11.1 Å². The molecule has 0 aliphatic heterocycles. The second-order valence-electron chi connectivity index (χ2n) is 5.39. The highest BCUT2D eigenvalue weighted by molar-refractivity contribution is 6.17. The predicted octanol–water partition coefficient (Wildman–Crippen LogP) is 5.42. The van der Waals surface area contributed by atoms with E-state index >= 15 is 0 Å². The summed E-state index contributed by atoms with van der Waals surface area (Å²) in [5.41, 5.74) is 3.22. The van der Waals surface area contributed by atoms with Crippen LogP contribution in [0.2, 0.25) is 0 Å². The first-order valence-corrected chi connectivity index (χ1v) is 8.86. The van der Waals surface area contributed by atoms with Gasteiger partial charge in [-0.15, -0.1) is 11.6 Å². The molecule has 0 bridgehead atoms. The quantitative estimate of drug-likeness (QED) is 0.399. The molecule has 0 saturated carbocycles. The van der Waals surface area contributed by atoms with E-state index in [9.17, 15) is 4.79 Å². The Morgan fingerprint density at radius 3 is 1.92 bits per heavy atom. The molecular weight excluding hydrogens is 320 g/mol. The average Bonchev–Trinajstić information content (AvgIpc) is 2.66. The Bertz CT molecular complexity index is 588. The van der Waals surface area contributed by atoms with Crippen molar-refractivity contribution < 1.29 is 4.79 Å². The van der Waals surface area contributed by atoms with Gasteiger partial charge in [-0.25, -0.2) is 0 Å². The number of nitrogens with one attached hydrogen (secondary N) is 2. The van der Waals surface area contributed by atoms with Crippen LogP contribution in [-0.2, 0) is 0 Å². The van der Waals surface area contributed by atoms with Gasteiger partial charge in [-0.05, 0) is 24.6 Å². The van der Waals surface area contributed by atoms with Gasteiger partial charge in [0.05, 0.1) is 0 Å². The number of rotatable bonds is 7. The molecule has 0 aliphatic rings. The van der Waals surface area contributed by atoms with Crippen molar-refractivity contribution >= 4 is 28.8 Å². The monoisotopic (exact) mass is 346 g/mol. The molecule has 0 unspecified atom stereocenters. The van der Waals surface area contributed by atoms with Crippen LogP contribution in [0.15, 0.2) is 48.5 Å². The molecule has 0 heterocycles. The Balaban J connectivity index is 0.000000413. The number of carbonyl (C=O) groups is 1. The highest BCUT2D eigenvalue weighted by Crippen LogP contribution is 2.20. The van der Waals surface area contributed by atoms with Crippen LogP contribution in [0.25, 0.3) is 0 Å². The van der Waals surface area contributed by atoms with Crippen LogP contribution in [0.5, 0.6) is 0 Å². The molecule has 4 heteroatoms. The third kappa shape index (κ3) is 6.63. The second kappa shape index (κ2) is 11.5. The van der Waals surface area contributed by atoms with E-state index < -0.39 is 0 Å². The Kier molecular flexibility index (Phi) is 9.62. The van der Waals surface area contributed by atoms with Gasteiger partial charge in [-0.2, -0.15) is 0 Å². The zero-order valence-electron chi connectivity index (χ0n) is 14.7. The number of ketones is 1. The molecule has 0 fully saturated rings. The number of anilines is 2. The fourth-order valence-electron chi connectivity index (χ4n) is 2.15. The first kappa shape index (κ1) is 20.0. The van der Waals surface area contributed by atoms with Crippen LogP contribution < -0.4 is 10.6 Å². The smallest absolute Gasteiger partial charge is 0.193 e. The second-order valence-corrected chi connectivity index (χ2v) is 5.77. The molecule has 24 heavy (non-hydrogen) atoms. The lowest BCUT2D eigenvalue weighted by Gasteiger charge is -2.08. The molecule has 2 N–H and O–H groups in total. The fraction of sp³-hybridized carbons (Fsp3) is 0.350. The first-order chi connectivity index (χ1) is 11.7. The number of carbonyl (C=O) groups excluding carboxylic acids is 1. The lowest BCUT2D eigenvalue weighted by Crippen LogP contribution is -2.03. The minimum Gasteiger partial charge on any atom is -0.388 e. The van der Waals surface area contributed by atoms with E-state index in [2.05, 4.69) is 17.6 Å². The van der Waals surface area contributed by atoms with Crippen molar-refractivity contribution in [1.29, 1.82) is 0 Å². The average molecular weight is 347 g/mol. The predicted molar refractivity (Wildman–Crippen MR) is 106 cm³/mol. The van der Waals surface area contributed by atoms with Crippen molar-refractivity contribution in [2.45, 2.75) is 26.2 Å². The van der Waals surface area contributed by atoms with Crippen LogP contribution in [0.1, 0.15) is 42.1 Å². The molecule has 0 amide bonds. The summed E-state index contributed by atoms with van der Waals surface area (Å²) in [6, 6.07) is 15.0. The summed E-state index contributed by atoms with van der Waals surface area (Å²) in [5.74, 6) is 0.859. The Labute approximate surface area is 150 Å². The lowest BCUT2D eigenvalue weighted by molar-refractivity contribution is 0.103. The molecule has 0 saturated heterocycles. The maximum absolute atomic E-state index is 12.3. The van der Waals surface area contributed by atoms with Crippen LogP contribution in [0.3, 0.4) is 0 Å². The van der Waals surface area contributed by atoms with E-state index in [1.807, 2.05) is 62.6 Å². The van der Waals surface area contributed by atoms with Crippen molar-refractivity contribution in [1.82, 2.24) is 0 Å². The summed E-state index contributed by atoms with van der Waals surface area (Å²) in [6.45, 7) is 2.17. The lowest BCUT2D eigenvalue weighted by atomic mass is 10.0. The van der Waals surface area contributed by atoms with Crippen LogP contribution in [0, 0.1) is 0 Å². The van der Waals surface area contributed by atoms with Gasteiger partial charge in [-0.3, -0.25) is 4.79 Å². The third-order valence-electron chi connectivity index (χ3n) is 3.55. The van der Waals surface area contributed by atoms with E-state index in [0.717, 1.165) is 17.3 Å². The molecule has 2 rings (SSSR count). The minimum absolute atomic E-state index is 0.0317. The topological polar surface area (TPSA) is 41.1 Å². The van der Waals surface area contributed by atoms with E-state index in [1.54, 1.807) is 0 Å². The summed E-state index contributed by atoms with van der Waals surface area (Å²) < 4.78 is 0. The number of hydrogen-bond acceptors (Lipinski definition) is 3. The SMILES string of the molecule is CCCCCCl.CNc1cc(NC)cc(C(=O)c2ccccc2)c1. The van der Waals surface area contributed by atoms with Crippen molar-refractivity contribution in [3.63, 3.8) is 0 Å². The maximum Gasteiger partial charge on any atom is 0.193 e. The molecular formula is C20H27ClN2O. The third-order valence-corrected chi connectivity index (χ3v) is 3.81. The van der Waals surface area contributed by atoms with Gasteiger partial charge >= 0.3 is 0 Å². The minimum atomic E-state index is 0.0317. The van der Waals surface area contributed by atoms with Gasteiger partial charge in [0.15, 0.2) is 5.78 Å². The zero-order chi connectivity index (χ0) is 17.8. The van der Waals surface area contributed by atoms with Gasteiger partial charge in [0, 0.05) is 42.5 Å². The highest BCUT2D eigenvalue weighted by Gasteiger charge is 2.10. The number of benzene rings is 2. The van der Waals surface area contributed by atoms with E-state index in [-0.39, 0.29) is 5.78 Å². The normalized spacial score (nSPS) is 9.67. The van der Waals surface area contributed by atoms with Crippen molar-refractivity contribution in [2.75, 3.05) is 30.6 Å². The molecule has 0 aliphatic carbocycles. The Morgan fingerprint density at radius 2 is 1.50 bits per heavy atom. The van der Waals surface area contributed by atoms with Gasteiger partial charge in [-0.1, -0.05) is 50.1 Å². The standard InChI is InChI=1S/C15H16N2O.C5H11Cl/c1-16-13-8-12(9-14(10-13)17-2)15(18)11-6-4-3-5-7-11;1-2-3-4-5-6/h3-10,16-17H,1-2H3;2-5H2,1H3. The van der Waals surface area contributed by atoms with Crippen LogP contribution >= 0.6 is 11.6 Å². The number of unbranched alkanes of at least 4 members (excludes halogenated alkanes) is 2. The molecule has 0 atom stereocenters. The summed E-state index contributed by atoms with van der Waals surface area (Å²) in [6.07, 6.45) is 3.73. The summed E-state index contributed by atoms with van der Waals surface area (Å²) >= 11 is 5.38. The first-order valence-electron chi connectivity index (χ1n) is 8.32. The molecule has 130 valence electrons. The van der Waals surface area contributed by atoms with Crippen molar-refractivity contribution in [2.24, 2.45) is 0 Å². The van der Waals surface area contributed by atoms with Crippen molar-refractivity contribution in [3.8, 4) is 0 Å². The molecule has 0 spiro atoms. The summed E-state index contributed by atoms with van der Waals surface area (Å²) in [5, 5.41) is 6.11. The van der Waals surface area contributed by atoms with Crippen LogP contribution in [-0.4, -0.2) is 25.8 Å². The number of halogens is 1. The molecule has 2 aromatic carbocycles. The van der Waals surface area contributed by atoms with Crippen LogP contribution in [0.4, 0.5) is 11.4 Å². The summed E-state index contributed by atoms with van der Waals surface area (Å²) in [7, 11) is 3.68. The molecule has 0 aromatic heterocycles.